The van der Waals surface area contributed by atoms with E-state index < -0.39 is 5.97 Å². The largest absolute Gasteiger partial charge is 0.476 e. The highest BCUT2D eigenvalue weighted by molar-refractivity contribution is 5.84. The number of ether oxygens (including phenoxy) is 2. The molecule has 1 fully saturated rings. The first-order valence-electron chi connectivity index (χ1n) is 6.16. The van der Waals surface area contributed by atoms with E-state index in [1.807, 2.05) is 6.92 Å². The van der Waals surface area contributed by atoms with Crippen LogP contribution in [0.2, 0.25) is 0 Å². The molecule has 7 nitrogen and oxygen atoms in total. The van der Waals surface area contributed by atoms with Crippen LogP contribution in [-0.2, 0) is 9.47 Å². The minimum Gasteiger partial charge on any atom is -0.476 e. The summed E-state index contributed by atoms with van der Waals surface area (Å²) < 4.78 is 10.9. The summed E-state index contributed by atoms with van der Waals surface area (Å²) in [6.45, 7) is 3.91. The molecular formula is C12H17N3O4. The second-order valence-corrected chi connectivity index (χ2v) is 4.46. The zero-order valence-electron chi connectivity index (χ0n) is 10.7. The molecule has 1 saturated heterocycles. The van der Waals surface area contributed by atoms with Crippen molar-refractivity contribution in [1.29, 1.82) is 0 Å². The molecule has 19 heavy (non-hydrogen) atoms. The first-order chi connectivity index (χ1) is 9.15. The number of anilines is 1. The molecule has 2 heterocycles. The lowest BCUT2D eigenvalue weighted by atomic mass is 10.3. The average molecular weight is 267 g/mol. The predicted octanol–water partition coefficient (Wildman–Crippen LogP) is 0.781. The van der Waals surface area contributed by atoms with Gasteiger partial charge in [-0.1, -0.05) is 0 Å². The number of carboxylic acid groups (broad SMARTS) is 1. The Labute approximate surface area is 111 Å². The zero-order valence-corrected chi connectivity index (χ0v) is 10.7. The zero-order chi connectivity index (χ0) is 13.7. The van der Waals surface area contributed by atoms with Gasteiger partial charge in [0.05, 0.1) is 31.7 Å². The fraction of sp³-hybridized carbons (Fsp3) is 0.583. The van der Waals surface area contributed by atoms with Crippen LogP contribution in [0.3, 0.4) is 0 Å². The van der Waals surface area contributed by atoms with Crippen LogP contribution in [0.15, 0.2) is 12.4 Å². The fourth-order valence-corrected chi connectivity index (χ4v) is 1.73. The monoisotopic (exact) mass is 267 g/mol. The Kier molecular flexibility index (Phi) is 4.64. The van der Waals surface area contributed by atoms with Gasteiger partial charge in [-0.2, -0.15) is 0 Å². The summed E-state index contributed by atoms with van der Waals surface area (Å²) in [5.41, 5.74) is -0.0717. The van der Waals surface area contributed by atoms with E-state index in [4.69, 9.17) is 14.6 Å². The van der Waals surface area contributed by atoms with Gasteiger partial charge in [-0.25, -0.2) is 14.8 Å². The van der Waals surface area contributed by atoms with E-state index >= 15 is 0 Å². The Morgan fingerprint density at radius 1 is 1.63 bits per heavy atom. The molecule has 1 aromatic rings. The molecule has 2 atom stereocenters. The summed E-state index contributed by atoms with van der Waals surface area (Å²) >= 11 is 0. The molecule has 2 N–H and O–H groups in total. The van der Waals surface area contributed by atoms with E-state index in [2.05, 4.69) is 15.3 Å². The van der Waals surface area contributed by atoms with Crippen LogP contribution in [0.1, 0.15) is 23.8 Å². The minimum atomic E-state index is -1.09. The number of carboxylic acids is 1. The Morgan fingerprint density at radius 3 is 3.05 bits per heavy atom. The lowest BCUT2D eigenvalue weighted by Crippen LogP contribution is -2.26. The van der Waals surface area contributed by atoms with Crippen LogP contribution in [0, 0.1) is 0 Å². The molecule has 1 aromatic heterocycles. The average Bonchev–Trinajstić information content (AvgIpc) is 2.90. The molecule has 0 saturated carbocycles. The van der Waals surface area contributed by atoms with Gasteiger partial charge in [-0.15, -0.1) is 0 Å². The Bertz CT molecular complexity index is 417. The normalized spacial score (nSPS) is 20.2. The van der Waals surface area contributed by atoms with Gasteiger partial charge in [0.25, 0.3) is 0 Å². The van der Waals surface area contributed by atoms with E-state index in [9.17, 15) is 4.79 Å². The lowest BCUT2D eigenvalue weighted by Gasteiger charge is -2.17. The van der Waals surface area contributed by atoms with E-state index in [1.165, 1.54) is 12.4 Å². The quantitative estimate of drug-likeness (QED) is 0.786. The molecule has 0 aliphatic carbocycles. The molecule has 104 valence electrons. The third kappa shape index (κ3) is 4.15. The maximum absolute atomic E-state index is 10.6. The number of aromatic nitrogens is 2. The summed E-state index contributed by atoms with van der Waals surface area (Å²) in [6.07, 6.45) is 3.73. The van der Waals surface area contributed by atoms with Gasteiger partial charge in [0.2, 0.25) is 0 Å². The molecular weight excluding hydrogens is 250 g/mol. The summed E-state index contributed by atoms with van der Waals surface area (Å²) in [4.78, 5) is 18.4. The maximum atomic E-state index is 10.6. The first kappa shape index (κ1) is 13.7. The van der Waals surface area contributed by atoms with Crippen LogP contribution < -0.4 is 5.32 Å². The molecule has 0 bridgehead atoms. The van der Waals surface area contributed by atoms with Crippen LogP contribution in [0.25, 0.3) is 0 Å². The number of nitrogens with zero attached hydrogens (tertiary/aromatic N) is 2. The fourth-order valence-electron chi connectivity index (χ4n) is 1.73. The highest BCUT2D eigenvalue weighted by Gasteiger charge is 2.17. The van der Waals surface area contributed by atoms with Crippen molar-refractivity contribution >= 4 is 11.8 Å². The van der Waals surface area contributed by atoms with Crippen molar-refractivity contribution in [2.75, 3.05) is 25.1 Å². The van der Waals surface area contributed by atoms with Crippen molar-refractivity contribution < 1.29 is 19.4 Å². The Hall–Kier alpha value is -1.73. The second kappa shape index (κ2) is 6.44. The summed E-state index contributed by atoms with van der Waals surface area (Å²) in [5, 5.41) is 11.8. The van der Waals surface area contributed by atoms with Crippen LogP contribution in [0.4, 0.5) is 5.82 Å². The minimum absolute atomic E-state index is 0.0607. The van der Waals surface area contributed by atoms with Crippen LogP contribution >= 0.6 is 0 Å². The van der Waals surface area contributed by atoms with Gasteiger partial charge >= 0.3 is 5.97 Å². The highest BCUT2D eigenvalue weighted by Crippen LogP contribution is 2.09. The Morgan fingerprint density at radius 2 is 2.47 bits per heavy atom. The summed E-state index contributed by atoms with van der Waals surface area (Å²) in [7, 11) is 0. The van der Waals surface area contributed by atoms with Crippen molar-refractivity contribution in [3.8, 4) is 0 Å². The highest BCUT2D eigenvalue weighted by atomic mass is 16.5. The van der Waals surface area contributed by atoms with Crippen molar-refractivity contribution in [1.82, 2.24) is 9.97 Å². The van der Waals surface area contributed by atoms with Crippen molar-refractivity contribution in [2.24, 2.45) is 0 Å². The standard InChI is InChI=1S/C12H17N3O4/c1-8(6-19-9-2-3-18-7-9)15-11-5-13-10(4-14-11)12(16)17/h4-5,8-9H,2-3,6-7H2,1H3,(H,14,15)(H,16,17). The molecule has 2 rings (SSSR count). The van der Waals surface area contributed by atoms with Crippen molar-refractivity contribution in [3.63, 3.8) is 0 Å². The molecule has 1 aliphatic rings. The predicted molar refractivity (Wildman–Crippen MR) is 67.3 cm³/mol. The van der Waals surface area contributed by atoms with Gasteiger partial charge < -0.3 is 19.9 Å². The number of carbonyl (C=O) groups is 1. The number of nitrogens with one attached hydrogen (secondary N) is 1. The third-order valence-corrected chi connectivity index (χ3v) is 2.74. The van der Waals surface area contributed by atoms with Crippen molar-refractivity contribution in [3.05, 3.63) is 18.1 Å². The van der Waals surface area contributed by atoms with E-state index in [0.29, 0.717) is 19.0 Å². The van der Waals surface area contributed by atoms with Crippen LogP contribution in [-0.4, -0.2) is 53.0 Å². The smallest absolute Gasteiger partial charge is 0.356 e. The summed E-state index contributed by atoms with van der Waals surface area (Å²) in [6, 6.07) is 0.0607. The van der Waals surface area contributed by atoms with Gasteiger partial charge in [0, 0.05) is 12.6 Å². The molecule has 2 unspecified atom stereocenters. The molecule has 0 aromatic carbocycles. The molecule has 1 aliphatic heterocycles. The summed E-state index contributed by atoms with van der Waals surface area (Å²) in [5.74, 6) is -0.555. The maximum Gasteiger partial charge on any atom is 0.356 e. The lowest BCUT2D eigenvalue weighted by molar-refractivity contribution is 0.0395. The number of rotatable bonds is 6. The van der Waals surface area contributed by atoms with E-state index in [-0.39, 0.29) is 17.8 Å². The first-order valence-corrected chi connectivity index (χ1v) is 6.16. The van der Waals surface area contributed by atoms with Crippen molar-refractivity contribution in [2.45, 2.75) is 25.5 Å². The molecule has 0 spiro atoms. The number of aromatic carboxylic acids is 1. The number of hydrogen-bond acceptors (Lipinski definition) is 6. The van der Waals surface area contributed by atoms with Gasteiger partial charge in [-0.3, -0.25) is 0 Å². The van der Waals surface area contributed by atoms with E-state index in [1.54, 1.807) is 0 Å². The Balaban J connectivity index is 1.77. The molecule has 0 radical (unpaired) electrons. The molecule has 7 heteroatoms. The molecule has 0 amide bonds. The topological polar surface area (TPSA) is 93.6 Å². The van der Waals surface area contributed by atoms with Crippen LogP contribution in [0.5, 0.6) is 0 Å². The van der Waals surface area contributed by atoms with E-state index in [0.717, 1.165) is 13.0 Å². The number of hydrogen-bond donors (Lipinski definition) is 2. The third-order valence-electron chi connectivity index (χ3n) is 2.74. The van der Waals surface area contributed by atoms with Gasteiger partial charge in [-0.05, 0) is 13.3 Å². The SMILES string of the molecule is CC(COC1CCOC1)Nc1cnc(C(=O)O)cn1. The van der Waals surface area contributed by atoms with Gasteiger partial charge in [0.1, 0.15) is 5.82 Å². The second-order valence-electron chi connectivity index (χ2n) is 4.46. The van der Waals surface area contributed by atoms with Gasteiger partial charge in [0.15, 0.2) is 5.69 Å².